The van der Waals surface area contributed by atoms with Gasteiger partial charge in [-0.15, -0.1) is 11.3 Å². The van der Waals surface area contributed by atoms with Crippen LogP contribution >= 0.6 is 11.3 Å². The van der Waals surface area contributed by atoms with Crippen LogP contribution in [0.2, 0.25) is 0 Å². The third-order valence-electron chi connectivity index (χ3n) is 4.63. The number of hydrogen-bond donors (Lipinski definition) is 2. The molecular formula is C21H18FN3O3S. The van der Waals surface area contributed by atoms with Crippen molar-refractivity contribution in [1.82, 2.24) is 15.5 Å². The summed E-state index contributed by atoms with van der Waals surface area (Å²) in [6.45, 7) is 1.78. The predicted molar refractivity (Wildman–Crippen MR) is 109 cm³/mol. The van der Waals surface area contributed by atoms with E-state index in [-0.39, 0.29) is 24.4 Å². The van der Waals surface area contributed by atoms with Crippen molar-refractivity contribution in [3.63, 3.8) is 0 Å². The van der Waals surface area contributed by atoms with Gasteiger partial charge in [-0.05, 0) is 41.8 Å². The first-order valence-corrected chi connectivity index (χ1v) is 9.94. The number of hydrogen-bond acceptors (Lipinski definition) is 6. The topological polar surface area (TPSA) is 88.2 Å². The molecule has 0 spiro atoms. The predicted octanol–water partition coefficient (Wildman–Crippen LogP) is 4.26. The van der Waals surface area contributed by atoms with Crippen LogP contribution in [0.15, 0.2) is 53.2 Å². The number of halogens is 1. The Morgan fingerprint density at radius 2 is 2.00 bits per heavy atom. The number of nitrogens with one attached hydrogen (secondary N) is 1. The van der Waals surface area contributed by atoms with Gasteiger partial charge in [-0.25, -0.2) is 9.37 Å². The maximum Gasteiger partial charge on any atom is 0.263 e. The first kappa shape index (κ1) is 19.2. The molecule has 1 amide bonds. The summed E-state index contributed by atoms with van der Waals surface area (Å²) in [5.41, 5.74) is 2.89. The molecule has 4 rings (SSSR count). The summed E-state index contributed by atoms with van der Waals surface area (Å²) >= 11 is 1.21. The van der Waals surface area contributed by atoms with Gasteiger partial charge >= 0.3 is 0 Å². The van der Waals surface area contributed by atoms with Gasteiger partial charge in [0.25, 0.3) is 5.91 Å². The molecule has 1 unspecified atom stereocenters. The Hall–Kier alpha value is -3.10. The van der Waals surface area contributed by atoms with Gasteiger partial charge < -0.3 is 14.9 Å². The fourth-order valence-corrected chi connectivity index (χ4v) is 3.75. The van der Waals surface area contributed by atoms with Crippen molar-refractivity contribution >= 4 is 28.2 Å². The molecule has 2 N–H and O–H groups in total. The Kier molecular flexibility index (Phi) is 5.37. The molecule has 2 heterocycles. The number of aliphatic hydroxyl groups is 1. The molecule has 2 aromatic carbocycles. The van der Waals surface area contributed by atoms with Crippen LogP contribution in [-0.2, 0) is 0 Å². The first-order chi connectivity index (χ1) is 14.1. The molecule has 1 atom stereocenters. The zero-order chi connectivity index (χ0) is 20.4. The molecule has 2 aromatic heterocycles. The summed E-state index contributed by atoms with van der Waals surface area (Å²) in [6.07, 6.45) is 2.13. The van der Waals surface area contributed by atoms with Crippen LogP contribution < -0.4 is 5.32 Å². The van der Waals surface area contributed by atoms with Gasteiger partial charge in [-0.3, -0.25) is 4.79 Å². The standard InChI is InChI=1S/C21H18FN3O3S/c1-2-15(11-26)24-20(27)18-10-23-21(29-18)19-16-8-5-13(9-17(16)28-25-19)12-3-6-14(22)7-4-12/h3-10,15,26H,2,11H2,1H3,(H,24,27). The van der Waals surface area contributed by atoms with Crippen LogP contribution in [0.5, 0.6) is 0 Å². The number of carbonyl (C=O) groups excluding carboxylic acids is 1. The van der Waals surface area contributed by atoms with Gasteiger partial charge in [0.15, 0.2) is 5.58 Å². The summed E-state index contributed by atoms with van der Waals surface area (Å²) in [5.74, 6) is -0.564. The minimum absolute atomic E-state index is 0.113. The lowest BCUT2D eigenvalue weighted by Gasteiger charge is -2.12. The van der Waals surface area contributed by atoms with Crippen molar-refractivity contribution in [2.75, 3.05) is 6.61 Å². The van der Waals surface area contributed by atoms with E-state index in [9.17, 15) is 14.3 Å². The Morgan fingerprint density at radius 3 is 2.72 bits per heavy atom. The quantitative estimate of drug-likeness (QED) is 0.495. The van der Waals surface area contributed by atoms with Crippen molar-refractivity contribution < 1.29 is 18.8 Å². The van der Waals surface area contributed by atoms with Crippen LogP contribution in [-0.4, -0.2) is 33.8 Å². The van der Waals surface area contributed by atoms with E-state index < -0.39 is 0 Å². The molecule has 0 aliphatic heterocycles. The second-order valence-corrected chi connectivity index (χ2v) is 7.57. The summed E-state index contributed by atoms with van der Waals surface area (Å²) in [6, 6.07) is 11.6. The van der Waals surface area contributed by atoms with E-state index in [1.807, 2.05) is 25.1 Å². The molecule has 0 aliphatic rings. The highest BCUT2D eigenvalue weighted by Crippen LogP contribution is 2.33. The molecule has 0 fully saturated rings. The molecule has 8 heteroatoms. The molecule has 6 nitrogen and oxygen atoms in total. The van der Waals surface area contributed by atoms with Crippen molar-refractivity contribution in [3.8, 4) is 21.8 Å². The molecule has 0 radical (unpaired) electrons. The number of fused-ring (bicyclic) bond motifs is 1. The zero-order valence-electron chi connectivity index (χ0n) is 15.6. The fraction of sp³-hybridized carbons (Fsp3) is 0.190. The van der Waals surface area contributed by atoms with E-state index in [2.05, 4.69) is 15.5 Å². The summed E-state index contributed by atoms with van der Waals surface area (Å²) < 4.78 is 18.6. The van der Waals surface area contributed by atoms with Gasteiger partial charge in [-0.1, -0.05) is 30.3 Å². The van der Waals surface area contributed by atoms with E-state index in [1.165, 1.54) is 29.7 Å². The van der Waals surface area contributed by atoms with Crippen LogP contribution in [0.3, 0.4) is 0 Å². The van der Waals surface area contributed by atoms with E-state index in [4.69, 9.17) is 4.52 Å². The van der Waals surface area contributed by atoms with Crippen molar-refractivity contribution in [2.45, 2.75) is 19.4 Å². The minimum Gasteiger partial charge on any atom is -0.394 e. The number of thiazole rings is 1. The van der Waals surface area contributed by atoms with Gasteiger partial charge in [0.2, 0.25) is 0 Å². The fourth-order valence-electron chi connectivity index (χ4n) is 2.94. The van der Waals surface area contributed by atoms with Gasteiger partial charge in [0.1, 0.15) is 21.4 Å². The lowest BCUT2D eigenvalue weighted by atomic mass is 10.0. The summed E-state index contributed by atoms with van der Waals surface area (Å²) in [4.78, 5) is 17.1. The Labute approximate surface area is 170 Å². The van der Waals surface area contributed by atoms with E-state index in [0.717, 1.165) is 16.5 Å². The number of amides is 1. The summed E-state index contributed by atoms with van der Waals surface area (Å²) in [7, 11) is 0. The number of rotatable bonds is 6. The second kappa shape index (κ2) is 8.10. The SMILES string of the molecule is CCC(CO)NC(=O)c1cnc(-c2noc3cc(-c4ccc(F)cc4)ccc23)s1. The molecule has 0 bridgehead atoms. The monoisotopic (exact) mass is 411 g/mol. The molecule has 0 saturated carbocycles. The molecule has 0 saturated heterocycles. The number of benzene rings is 2. The highest BCUT2D eigenvalue weighted by Gasteiger charge is 2.19. The normalized spacial score (nSPS) is 12.2. The van der Waals surface area contributed by atoms with Crippen LogP contribution in [0.1, 0.15) is 23.0 Å². The highest BCUT2D eigenvalue weighted by atomic mass is 32.1. The van der Waals surface area contributed by atoms with E-state index >= 15 is 0 Å². The minimum atomic E-state index is -0.287. The Balaban J connectivity index is 1.61. The zero-order valence-corrected chi connectivity index (χ0v) is 16.4. The lowest BCUT2D eigenvalue weighted by Crippen LogP contribution is -2.36. The largest absolute Gasteiger partial charge is 0.394 e. The van der Waals surface area contributed by atoms with Crippen molar-refractivity contribution in [1.29, 1.82) is 0 Å². The summed E-state index contributed by atoms with van der Waals surface area (Å²) in [5, 5.41) is 17.5. The average Bonchev–Trinajstić information content (AvgIpc) is 3.39. The molecule has 0 aliphatic carbocycles. The van der Waals surface area contributed by atoms with Crippen LogP contribution in [0, 0.1) is 5.82 Å². The third kappa shape index (κ3) is 3.90. The highest BCUT2D eigenvalue weighted by molar-refractivity contribution is 7.17. The van der Waals surface area contributed by atoms with Gasteiger partial charge in [-0.2, -0.15) is 0 Å². The molecule has 29 heavy (non-hydrogen) atoms. The van der Waals surface area contributed by atoms with E-state index in [0.29, 0.717) is 27.6 Å². The first-order valence-electron chi connectivity index (χ1n) is 9.12. The number of nitrogens with zero attached hydrogens (tertiary/aromatic N) is 2. The van der Waals surface area contributed by atoms with Crippen LogP contribution in [0.25, 0.3) is 32.8 Å². The third-order valence-corrected chi connectivity index (χ3v) is 5.63. The lowest BCUT2D eigenvalue weighted by molar-refractivity contribution is 0.0919. The Bertz CT molecular complexity index is 1150. The smallest absolute Gasteiger partial charge is 0.263 e. The molecule has 4 aromatic rings. The molecular weight excluding hydrogens is 393 g/mol. The Morgan fingerprint density at radius 1 is 1.24 bits per heavy atom. The average molecular weight is 411 g/mol. The van der Waals surface area contributed by atoms with Crippen LogP contribution in [0.4, 0.5) is 4.39 Å². The molecule has 148 valence electrons. The number of carbonyl (C=O) groups is 1. The number of aromatic nitrogens is 2. The second-order valence-electron chi connectivity index (χ2n) is 6.54. The van der Waals surface area contributed by atoms with Gasteiger partial charge in [0, 0.05) is 0 Å². The van der Waals surface area contributed by atoms with Crippen molar-refractivity contribution in [3.05, 3.63) is 59.4 Å². The maximum atomic E-state index is 13.1. The van der Waals surface area contributed by atoms with Gasteiger partial charge in [0.05, 0.1) is 24.2 Å². The van der Waals surface area contributed by atoms with Crippen molar-refractivity contribution in [2.24, 2.45) is 0 Å². The number of aliphatic hydroxyl groups excluding tert-OH is 1. The maximum absolute atomic E-state index is 13.1. The van der Waals surface area contributed by atoms with E-state index in [1.54, 1.807) is 12.1 Å².